The molecule has 2 aromatic heterocycles. The Hall–Kier alpha value is -3.66. The summed E-state index contributed by atoms with van der Waals surface area (Å²) in [5.74, 6) is -4.14. The average molecular weight is 457 g/mol. The van der Waals surface area contributed by atoms with Gasteiger partial charge in [-0.25, -0.2) is 18.2 Å². The van der Waals surface area contributed by atoms with Gasteiger partial charge in [-0.05, 0) is 36.6 Å². The molecule has 0 bridgehead atoms. The zero-order chi connectivity index (χ0) is 23.7. The number of anilines is 3. The lowest BCUT2D eigenvalue weighted by Gasteiger charge is -2.37. The number of rotatable bonds is 4. The van der Waals surface area contributed by atoms with E-state index < -0.39 is 46.4 Å². The molecule has 0 aliphatic carbocycles. The summed E-state index contributed by atoms with van der Waals surface area (Å²) >= 11 is 0. The summed E-state index contributed by atoms with van der Waals surface area (Å²) in [5, 5.41) is 12.7. The van der Waals surface area contributed by atoms with Crippen LogP contribution in [0, 0.1) is 23.4 Å². The van der Waals surface area contributed by atoms with Gasteiger partial charge >= 0.3 is 0 Å². The fourth-order valence-corrected chi connectivity index (χ4v) is 3.90. The van der Waals surface area contributed by atoms with Crippen LogP contribution in [0.25, 0.3) is 11.3 Å². The molecule has 10 heteroatoms. The molecule has 172 valence electrons. The van der Waals surface area contributed by atoms with Crippen LogP contribution in [0.5, 0.6) is 0 Å². The maximum atomic E-state index is 15.4. The number of aromatic nitrogens is 2. The van der Waals surface area contributed by atoms with Gasteiger partial charge in [0, 0.05) is 19.3 Å². The molecule has 0 radical (unpaired) electrons. The summed E-state index contributed by atoms with van der Waals surface area (Å²) in [6, 6.07) is 6.27. The second-order valence-corrected chi connectivity index (χ2v) is 7.96. The van der Waals surface area contributed by atoms with Crippen molar-refractivity contribution in [2.75, 3.05) is 29.0 Å². The first kappa shape index (κ1) is 22.5. The molecule has 2 atom stereocenters. The summed E-state index contributed by atoms with van der Waals surface area (Å²) in [4.78, 5) is 22.8. The number of pyridine rings is 2. The third-order valence-electron chi connectivity index (χ3n) is 5.66. The van der Waals surface area contributed by atoms with E-state index in [9.17, 15) is 18.7 Å². The van der Waals surface area contributed by atoms with Crippen LogP contribution in [-0.4, -0.2) is 40.2 Å². The number of aliphatic hydroxyl groups is 1. The zero-order valence-corrected chi connectivity index (χ0v) is 17.7. The normalized spacial score (nSPS) is 18.3. The van der Waals surface area contributed by atoms with Crippen LogP contribution in [0.4, 0.5) is 30.2 Å². The fraction of sp³-hybridized carbons (Fsp3) is 0.261. The second-order valence-electron chi connectivity index (χ2n) is 7.96. The lowest BCUT2D eigenvalue weighted by molar-refractivity contribution is 0.0967. The van der Waals surface area contributed by atoms with Crippen LogP contribution in [0.3, 0.4) is 0 Å². The monoisotopic (exact) mass is 457 g/mol. The molecule has 7 nitrogen and oxygen atoms in total. The van der Waals surface area contributed by atoms with E-state index in [4.69, 9.17) is 5.73 Å². The first-order valence-electron chi connectivity index (χ1n) is 10.4. The van der Waals surface area contributed by atoms with Crippen LogP contribution in [0.15, 0.2) is 42.7 Å². The molecule has 1 aliphatic heterocycles. The van der Waals surface area contributed by atoms with Crippen molar-refractivity contribution in [3.05, 3.63) is 65.9 Å². The minimum Gasteiger partial charge on any atom is -0.395 e. The Morgan fingerprint density at radius 2 is 1.94 bits per heavy atom. The van der Waals surface area contributed by atoms with Crippen molar-refractivity contribution in [2.45, 2.75) is 19.4 Å². The molecule has 1 fully saturated rings. The minimum atomic E-state index is -1.13. The highest BCUT2D eigenvalue weighted by molar-refractivity contribution is 6.09. The molecule has 3 aromatic rings. The van der Waals surface area contributed by atoms with Crippen LogP contribution in [0.1, 0.15) is 23.8 Å². The van der Waals surface area contributed by atoms with Gasteiger partial charge in [0.15, 0.2) is 11.5 Å². The Morgan fingerprint density at radius 3 is 2.58 bits per heavy atom. The first-order valence-corrected chi connectivity index (χ1v) is 10.4. The lowest BCUT2D eigenvalue weighted by Crippen LogP contribution is -2.43. The van der Waals surface area contributed by atoms with E-state index in [1.807, 2.05) is 6.92 Å². The number of nitrogens with one attached hydrogen (secondary N) is 1. The van der Waals surface area contributed by atoms with Crippen LogP contribution in [0.2, 0.25) is 0 Å². The summed E-state index contributed by atoms with van der Waals surface area (Å²) < 4.78 is 44.3. The number of carbonyl (C=O) groups excluding carboxylic acids is 1. The number of nitrogens with zero attached hydrogens (tertiary/aromatic N) is 3. The standard InChI is InChI=1S/C23H22F3N5O2/c1-12-11-31(9-7-16(12)32)22-19(27)18(26)20(17-14(24)5-2-6-15(17)25)30-21(22)23(33)29-13-4-3-8-28-10-13/h2-6,8,10,12,16,32H,7,9,11H2,1H3,(H2,27,30)(H,29,33). The molecule has 0 spiro atoms. The maximum absolute atomic E-state index is 15.4. The van der Waals surface area contributed by atoms with Gasteiger partial charge in [0.2, 0.25) is 0 Å². The van der Waals surface area contributed by atoms with Crippen molar-refractivity contribution in [2.24, 2.45) is 5.92 Å². The molecule has 33 heavy (non-hydrogen) atoms. The average Bonchev–Trinajstić information content (AvgIpc) is 2.79. The molecule has 3 heterocycles. The third kappa shape index (κ3) is 4.34. The highest BCUT2D eigenvalue weighted by Gasteiger charge is 2.32. The number of nitrogens with two attached hydrogens (primary N) is 1. The first-order chi connectivity index (χ1) is 15.8. The van der Waals surface area contributed by atoms with Crippen LogP contribution >= 0.6 is 0 Å². The number of halogens is 3. The van der Waals surface area contributed by atoms with Crippen molar-refractivity contribution >= 4 is 23.0 Å². The number of nitrogen functional groups attached to an aromatic ring is 1. The number of hydrogen-bond acceptors (Lipinski definition) is 6. The van der Waals surface area contributed by atoms with E-state index >= 15 is 4.39 Å². The Morgan fingerprint density at radius 1 is 1.21 bits per heavy atom. The number of piperidine rings is 1. The van der Waals surface area contributed by atoms with Gasteiger partial charge in [-0.3, -0.25) is 9.78 Å². The van der Waals surface area contributed by atoms with E-state index in [-0.39, 0.29) is 30.4 Å². The predicted molar refractivity (Wildman–Crippen MR) is 118 cm³/mol. The van der Waals surface area contributed by atoms with E-state index in [0.717, 1.165) is 18.2 Å². The second kappa shape index (κ2) is 9.07. The summed E-state index contributed by atoms with van der Waals surface area (Å²) in [6.07, 6.45) is 2.74. The van der Waals surface area contributed by atoms with Crippen molar-refractivity contribution in [1.82, 2.24) is 9.97 Å². The number of benzene rings is 1. The molecular formula is C23H22F3N5O2. The van der Waals surface area contributed by atoms with Gasteiger partial charge in [-0.2, -0.15) is 0 Å². The van der Waals surface area contributed by atoms with Gasteiger partial charge in [0.25, 0.3) is 5.91 Å². The summed E-state index contributed by atoms with van der Waals surface area (Å²) in [5.41, 5.74) is 4.30. The predicted octanol–water partition coefficient (Wildman–Crippen LogP) is 3.60. The molecule has 1 saturated heterocycles. The van der Waals surface area contributed by atoms with E-state index in [1.165, 1.54) is 12.4 Å². The quantitative estimate of drug-likeness (QED) is 0.553. The fourth-order valence-electron chi connectivity index (χ4n) is 3.90. The highest BCUT2D eigenvalue weighted by Crippen LogP contribution is 2.38. The Balaban J connectivity index is 1.88. The maximum Gasteiger partial charge on any atom is 0.276 e. The van der Waals surface area contributed by atoms with Crippen LogP contribution < -0.4 is 16.0 Å². The molecule has 2 unspecified atom stereocenters. The van der Waals surface area contributed by atoms with Crippen molar-refractivity contribution in [1.29, 1.82) is 0 Å². The Bertz CT molecular complexity index is 1170. The number of carbonyl (C=O) groups is 1. The molecule has 4 rings (SSSR count). The van der Waals surface area contributed by atoms with Gasteiger partial charge in [-0.1, -0.05) is 13.0 Å². The smallest absolute Gasteiger partial charge is 0.276 e. The Labute approximate surface area is 188 Å². The van der Waals surface area contributed by atoms with Crippen molar-refractivity contribution < 1.29 is 23.1 Å². The SMILES string of the molecule is CC1CN(c2c(C(=O)Nc3cccnc3)nc(-c3c(F)cccc3F)c(F)c2N)CCC1O. The molecular weight excluding hydrogens is 435 g/mol. The van der Waals surface area contributed by atoms with Gasteiger partial charge in [0.05, 0.1) is 34.9 Å². The van der Waals surface area contributed by atoms with Crippen LogP contribution in [-0.2, 0) is 0 Å². The van der Waals surface area contributed by atoms with E-state index in [1.54, 1.807) is 17.0 Å². The molecule has 1 amide bonds. The molecule has 4 N–H and O–H groups in total. The zero-order valence-electron chi connectivity index (χ0n) is 17.7. The van der Waals surface area contributed by atoms with E-state index in [0.29, 0.717) is 12.1 Å². The molecule has 1 aliphatic rings. The van der Waals surface area contributed by atoms with Crippen molar-refractivity contribution in [3.8, 4) is 11.3 Å². The largest absolute Gasteiger partial charge is 0.395 e. The summed E-state index contributed by atoms with van der Waals surface area (Å²) in [7, 11) is 0. The summed E-state index contributed by atoms with van der Waals surface area (Å²) in [6.45, 7) is 2.39. The number of hydrogen-bond donors (Lipinski definition) is 3. The minimum absolute atomic E-state index is 0.00753. The lowest BCUT2D eigenvalue weighted by atomic mass is 9.95. The topological polar surface area (TPSA) is 104 Å². The number of aliphatic hydroxyl groups excluding tert-OH is 1. The van der Waals surface area contributed by atoms with Gasteiger partial charge in [-0.15, -0.1) is 0 Å². The van der Waals surface area contributed by atoms with E-state index in [2.05, 4.69) is 15.3 Å². The number of amides is 1. The van der Waals surface area contributed by atoms with Gasteiger partial charge in [0.1, 0.15) is 17.3 Å². The molecule has 0 saturated carbocycles. The third-order valence-corrected chi connectivity index (χ3v) is 5.66. The molecule has 1 aromatic carbocycles. The van der Waals surface area contributed by atoms with Crippen molar-refractivity contribution in [3.63, 3.8) is 0 Å². The Kier molecular flexibility index (Phi) is 6.19. The highest BCUT2D eigenvalue weighted by atomic mass is 19.1. The van der Waals surface area contributed by atoms with Gasteiger partial charge < -0.3 is 21.1 Å².